The van der Waals surface area contributed by atoms with Crippen molar-refractivity contribution in [2.45, 2.75) is 40.5 Å². The molecule has 0 spiro atoms. The number of nitrogen functional groups attached to an aromatic ring is 1. The van der Waals surface area contributed by atoms with E-state index in [-0.39, 0.29) is 17.2 Å². The van der Waals surface area contributed by atoms with E-state index in [1.54, 1.807) is 11.9 Å². The highest BCUT2D eigenvalue weighted by Gasteiger charge is 2.21. The summed E-state index contributed by atoms with van der Waals surface area (Å²) >= 11 is 0. The third kappa shape index (κ3) is 4.32. The van der Waals surface area contributed by atoms with Gasteiger partial charge in [0.25, 0.3) is 5.91 Å². The van der Waals surface area contributed by atoms with Crippen LogP contribution in [0.5, 0.6) is 0 Å². The monoisotopic (exact) mass is 344 g/mol. The predicted octanol–water partition coefficient (Wildman–Crippen LogP) is 3.29. The van der Waals surface area contributed by atoms with Crippen LogP contribution < -0.4 is 16.0 Å². The number of hydrogen-bond donors (Lipinski definition) is 3. The molecule has 0 unspecified atom stereocenters. The fourth-order valence-corrected chi connectivity index (χ4v) is 2.70. The second kappa shape index (κ2) is 7.17. The zero-order chi connectivity index (χ0) is 18.8. The number of benzene rings is 1. The quantitative estimate of drug-likeness (QED) is 0.777. The molecule has 0 fully saturated rings. The number of hydrogen-bond acceptors (Lipinski definition) is 3. The number of nitrogens with two attached hydrogens (primary N) is 1. The third-order valence-electron chi connectivity index (χ3n) is 4.02. The van der Waals surface area contributed by atoms with Crippen LogP contribution in [-0.2, 0) is 4.79 Å². The molecule has 0 bridgehead atoms. The summed E-state index contributed by atoms with van der Waals surface area (Å²) in [6.45, 7) is 8.71. The zero-order valence-electron chi connectivity index (χ0n) is 15.7. The van der Waals surface area contributed by atoms with Crippen molar-refractivity contribution in [3.05, 3.63) is 23.8 Å². The van der Waals surface area contributed by atoms with Gasteiger partial charge in [-0.1, -0.05) is 27.7 Å². The largest absolute Gasteiger partial charge is 0.385 e. The van der Waals surface area contributed by atoms with Gasteiger partial charge in [-0.05, 0) is 30.0 Å². The van der Waals surface area contributed by atoms with Crippen molar-refractivity contribution >= 4 is 34.2 Å². The number of H-pyrrole nitrogens is 1. The molecule has 4 N–H and O–H groups in total. The summed E-state index contributed by atoms with van der Waals surface area (Å²) in [7, 11) is 1.76. The lowest BCUT2D eigenvalue weighted by Crippen LogP contribution is -2.29. The van der Waals surface area contributed by atoms with Crippen LogP contribution >= 0.6 is 0 Å². The maximum atomic E-state index is 12.4. The van der Waals surface area contributed by atoms with E-state index in [0.29, 0.717) is 24.3 Å². The Morgan fingerprint density at radius 1 is 1.28 bits per heavy atom. The minimum Gasteiger partial charge on any atom is -0.385 e. The van der Waals surface area contributed by atoms with Gasteiger partial charge >= 0.3 is 0 Å². The highest BCUT2D eigenvalue weighted by molar-refractivity contribution is 6.12. The Balaban J connectivity index is 2.32. The number of amides is 2. The Labute approximate surface area is 148 Å². The number of carbonyl (C=O) groups is 2. The molecule has 0 atom stereocenters. The molecule has 0 aliphatic rings. The van der Waals surface area contributed by atoms with Gasteiger partial charge in [-0.3, -0.25) is 9.59 Å². The Kier molecular flexibility index (Phi) is 5.40. The van der Waals surface area contributed by atoms with Crippen molar-refractivity contribution in [2.75, 3.05) is 24.2 Å². The molecule has 2 rings (SSSR count). The van der Waals surface area contributed by atoms with Crippen LogP contribution in [0.4, 0.5) is 11.5 Å². The number of fused-ring (bicyclic) bond motifs is 1. The van der Waals surface area contributed by atoms with E-state index in [2.05, 4.69) is 10.3 Å². The number of aromatic amines is 1. The number of nitrogens with zero attached hydrogens (tertiary/aromatic N) is 1. The van der Waals surface area contributed by atoms with Crippen LogP contribution in [0.3, 0.4) is 0 Å². The van der Waals surface area contributed by atoms with E-state index in [1.165, 1.54) is 0 Å². The van der Waals surface area contributed by atoms with Crippen molar-refractivity contribution in [1.82, 2.24) is 10.3 Å². The number of aromatic nitrogens is 1. The fraction of sp³-hybridized carbons (Fsp3) is 0.474. The summed E-state index contributed by atoms with van der Waals surface area (Å²) in [6.07, 6.45) is 1.32. The molecule has 136 valence electrons. The molecule has 2 amide bonds. The van der Waals surface area contributed by atoms with Gasteiger partial charge in [-0.15, -0.1) is 0 Å². The van der Waals surface area contributed by atoms with Crippen LogP contribution in [0.25, 0.3) is 10.9 Å². The van der Waals surface area contributed by atoms with E-state index < -0.39 is 0 Å². The summed E-state index contributed by atoms with van der Waals surface area (Å²) in [5.74, 6) is 0.201. The molecule has 6 heteroatoms. The molecule has 0 saturated heterocycles. The number of nitrogens with one attached hydrogen (secondary N) is 2. The van der Waals surface area contributed by atoms with Crippen molar-refractivity contribution in [2.24, 2.45) is 5.41 Å². The van der Waals surface area contributed by atoms with Crippen LogP contribution in [0.1, 0.15) is 50.9 Å². The molecule has 0 radical (unpaired) electrons. The molecule has 2 aromatic rings. The van der Waals surface area contributed by atoms with Gasteiger partial charge < -0.3 is 20.9 Å². The van der Waals surface area contributed by atoms with E-state index >= 15 is 0 Å². The van der Waals surface area contributed by atoms with E-state index in [0.717, 1.165) is 23.0 Å². The topological polar surface area (TPSA) is 91.2 Å². The van der Waals surface area contributed by atoms with Gasteiger partial charge in [-0.2, -0.15) is 0 Å². The third-order valence-corrected chi connectivity index (χ3v) is 4.02. The van der Waals surface area contributed by atoms with E-state index in [1.807, 2.05) is 45.9 Å². The smallest absolute Gasteiger partial charge is 0.255 e. The van der Waals surface area contributed by atoms with Crippen molar-refractivity contribution in [1.29, 1.82) is 0 Å². The van der Waals surface area contributed by atoms with Crippen LogP contribution in [0.2, 0.25) is 0 Å². The molecule has 6 nitrogen and oxygen atoms in total. The first kappa shape index (κ1) is 18.8. The second-order valence-electron chi connectivity index (χ2n) is 7.59. The van der Waals surface area contributed by atoms with Gasteiger partial charge in [0.15, 0.2) is 0 Å². The lowest BCUT2D eigenvalue weighted by Gasteiger charge is -2.23. The average molecular weight is 344 g/mol. The minimum atomic E-state index is -0.185. The van der Waals surface area contributed by atoms with E-state index in [9.17, 15) is 9.59 Å². The summed E-state index contributed by atoms with van der Waals surface area (Å²) in [5, 5.41) is 3.60. The Hall–Kier alpha value is -2.50. The highest BCUT2D eigenvalue weighted by atomic mass is 16.2. The number of carbonyl (C=O) groups excluding carboxylic acids is 2. The minimum absolute atomic E-state index is 0.0484. The van der Waals surface area contributed by atoms with E-state index in [4.69, 9.17) is 5.73 Å². The maximum absolute atomic E-state index is 12.4. The second-order valence-corrected chi connectivity index (χ2v) is 7.59. The molecule has 1 aromatic carbocycles. The van der Waals surface area contributed by atoms with Gasteiger partial charge in [0.1, 0.15) is 5.82 Å². The molecule has 1 aromatic heterocycles. The Morgan fingerprint density at radius 2 is 1.96 bits per heavy atom. The normalized spacial score (nSPS) is 11.6. The fourth-order valence-electron chi connectivity index (χ4n) is 2.70. The SMILES string of the molecule is CCCNC(=O)c1c(N)[nH]c2cc(N(C)C(=O)CC(C)(C)C)ccc12. The van der Waals surface area contributed by atoms with Gasteiger partial charge in [0.05, 0.1) is 5.56 Å². The predicted molar refractivity (Wildman–Crippen MR) is 103 cm³/mol. The number of anilines is 2. The molecular weight excluding hydrogens is 316 g/mol. The van der Waals surface area contributed by atoms with Crippen LogP contribution in [0, 0.1) is 5.41 Å². The first-order valence-corrected chi connectivity index (χ1v) is 8.60. The van der Waals surface area contributed by atoms with Crippen molar-refractivity contribution in [3.63, 3.8) is 0 Å². The molecular formula is C19H28N4O2. The molecule has 25 heavy (non-hydrogen) atoms. The zero-order valence-corrected chi connectivity index (χ0v) is 15.7. The van der Waals surface area contributed by atoms with Crippen molar-refractivity contribution in [3.8, 4) is 0 Å². The standard InChI is InChI=1S/C19H28N4O2/c1-6-9-21-18(25)16-13-8-7-12(10-14(13)22-17(16)20)23(5)15(24)11-19(2,3)4/h7-8,10,22H,6,9,11,20H2,1-5H3,(H,21,25). The first-order valence-electron chi connectivity index (χ1n) is 8.60. The molecule has 0 aliphatic heterocycles. The summed E-state index contributed by atoms with van der Waals surface area (Å²) in [4.78, 5) is 29.4. The summed E-state index contributed by atoms with van der Waals surface area (Å²) in [5.41, 5.74) is 7.89. The van der Waals surface area contributed by atoms with Gasteiger partial charge in [-0.25, -0.2) is 0 Å². The molecule has 0 aliphatic carbocycles. The summed E-state index contributed by atoms with van der Waals surface area (Å²) in [6, 6.07) is 5.52. The van der Waals surface area contributed by atoms with Crippen LogP contribution in [-0.4, -0.2) is 30.4 Å². The highest BCUT2D eigenvalue weighted by Crippen LogP contribution is 2.29. The average Bonchev–Trinajstić information content (AvgIpc) is 2.85. The summed E-state index contributed by atoms with van der Waals surface area (Å²) < 4.78 is 0. The lowest BCUT2D eigenvalue weighted by molar-refractivity contribution is -0.120. The van der Waals surface area contributed by atoms with Crippen LogP contribution in [0.15, 0.2) is 18.2 Å². The number of rotatable bonds is 5. The van der Waals surface area contributed by atoms with Crippen molar-refractivity contribution < 1.29 is 9.59 Å². The Morgan fingerprint density at radius 3 is 2.56 bits per heavy atom. The lowest BCUT2D eigenvalue weighted by atomic mass is 9.91. The van der Waals surface area contributed by atoms with Gasteiger partial charge in [0.2, 0.25) is 5.91 Å². The van der Waals surface area contributed by atoms with Gasteiger partial charge in [0, 0.05) is 36.6 Å². The Bertz CT molecular complexity index is 787. The molecule has 0 saturated carbocycles. The molecule has 1 heterocycles. The maximum Gasteiger partial charge on any atom is 0.255 e. The first-order chi connectivity index (χ1) is 11.6.